The van der Waals surface area contributed by atoms with E-state index in [4.69, 9.17) is 4.74 Å². The van der Waals surface area contributed by atoms with Crippen molar-refractivity contribution in [3.8, 4) is 0 Å². The van der Waals surface area contributed by atoms with Crippen molar-refractivity contribution in [2.75, 3.05) is 18.5 Å². The molecule has 1 heterocycles. The van der Waals surface area contributed by atoms with Crippen molar-refractivity contribution in [3.63, 3.8) is 0 Å². The van der Waals surface area contributed by atoms with Crippen LogP contribution < -0.4 is 5.32 Å². The Morgan fingerprint density at radius 3 is 3.08 bits per heavy atom. The van der Waals surface area contributed by atoms with Gasteiger partial charge >= 0.3 is 0 Å². The maximum absolute atomic E-state index is 5.37. The molecule has 13 heavy (non-hydrogen) atoms. The second-order valence-corrected chi connectivity index (χ2v) is 4.29. The molecule has 0 aromatic carbocycles. The summed E-state index contributed by atoms with van der Waals surface area (Å²) in [6, 6.07) is 0. The van der Waals surface area contributed by atoms with Gasteiger partial charge < -0.3 is 10.1 Å². The van der Waals surface area contributed by atoms with Crippen molar-refractivity contribution in [1.29, 1.82) is 0 Å². The molecule has 1 rings (SSSR count). The second kappa shape index (κ2) is 5.57. The minimum atomic E-state index is 0.229. The Hall–Kier alpha value is -0.130. The zero-order valence-corrected chi connectivity index (χ0v) is 10.1. The molecule has 1 unspecified atom stereocenters. The Morgan fingerprint density at radius 2 is 2.54 bits per heavy atom. The Kier molecular flexibility index (Phi) is 4.69. The van der Waals surface area contributed by atoms with E-state index in [0.717, 1.165) is 22.9 Å². The molecule has 0 aliphatic heterocycles. The molecule has 1 N–H and O–H groups in total. The first-order valence-corrected chi connectivity index (χ1v) is 5.86. The highest BCUT2D eigenvalue weighted by Crippen LogP contribution is 2.19. The summed E-state index contributed by atoms with van der Waals surface area (Å²) < 4.78 is 6.25. The fraction of sp³-hybridized carbons (Fsp3) is 0.625. The van der Waals surface area contributed by atoms with Gasteiger partial charge in [0.15, 0.2) is 5.13 Å². The fourth-order valence-electron chi connectivity index (χ4n) is 0.910. The number of rotatable bonds is 5. The molecular weight excluding hydrogens is 252 g/mol. The van der Waals surface area contributed by atoms with E-state index in [1.165, 1.54) is 0 Å². The Morgan fingerprint density at radius 1 is 1.77 bits per heavy atom. The highest BCUT2D eigenvalue weighted by molar-refractivity contribution is 9.10. The van der Waals surface area contributed by atoms with E-state index in [-0.39, 0.29) is 6.10 Å². The van der Waals surface area contributed by atoms with Crippen LogP contribution in [0.15, 0.2) is 9.98 Å². The quantitative estimate of drug-likeness (QED) is 0.888. The van der Waals surface area contributed by atoms with Gasteiger partial charge in [-0.05, 0) is 29.8 Å². The second-order valence-electron chi connectivity index (χ2n) is 2.62. The van der Waals surface area contributed by atoms with Gasteiger partial charge in [-0.25, -0.2) is 4.98 Å². The highest BCUT2D eigenvalue weighted by atomic mass is 79.9. The number of anilines is 1. The molecule has 0 saturated heterocycles. The molecule has 0 aliphatic carbocycles. The molecule has 0 radical (unpaired) electrons. The molecule has 1 aromatic rings. The standard InChI is InChI=1S/C8H13BrN2OS/c1-3-12-6(2)4-10-8-11-7(9)5-13-8/h5-6H,3-4H2,1-2H3,(H,10,11). The molecule has 0 fully saturated rings. The molecule has 1 aromatic heterocycles. The monoisotopic (exact) mass is 264 g/mol. The molecule has 74 valence electrons. The third kappa shape index (κ3) is 4.06. The molecule has 0 spiro atoms. The third-order valence-corrected chi connectivity index (χ3v) is 2.98. The first kappa shape index (κ1) is 10.9. The van der Waals surface area contributed by atoms with E-state index in [1.807, 2.05) is 19.2 Å². The Labute approximate surface area is 90.6 Å². The third-order valence-electron chi connectivity index (χ3n) is 1.47. The molecule has 1 atom stereocenters. The number of hydrogen-bond donors (Lipinski definition) is 1. The lowest BCUT2D eigenvalue weighted by Crippen LogP contribution is -2.19. The van der Waals surface area contributed by atoms with Gasteiger partial charge in [0.25, 0.3) is 0 Å². The highest BCUT2D eigenvalue weighted by Gasteiger charge is 2.02. The number of nitrogens with one attached hydrogen (secondary N) is 1. The lowest BCUT2D eigenvalue weighted by Gasteiger charge is -2.11. The largest absolute Gasteiger partial charge is 0.377 e. The summed E-state index contributed by atoms with van der Waals surface area (Å²) in [5.41, 5.74) is 0. The van der Waals surface area contributed by atoms with E-state index >= 15 is 0 Å². The van der Waals surface area contributed by atoms with Crippen LogP contribution in [0, 0.1) is 0 Å². The van der Waals surface area contributed by atoms with Crippen LogP contribution in [0.3, 0.4) is 0 Å². The number of ether oxygens (including phenoxy) is 1. The summed E-state index contributed by atoms with van der Waals surface area (Å²) in [6.07, 6.45) is 0.229. The van der Waals surface area contributed by atoms with Crippen LogP contribution in [0.5, 0.6) is 0 Å². The van der Waals surface area contributed by atoms with Crippen LogP contribution in [0.4, 0.5) is 5.13 Å². The van der Waals surface area contributed by atoms with E-state index in [2.05, 4.69) is 26.2 Å². The molecule has 0 aliphatic rings. The molecule has 0 saturated carbocycles. The van der Waals surface area contributed by atoms with Gasteiger partial charge in [-0.3, -0.25) is 0 Å². The van der Waals surface area contributed by atoms with Crippen molar-refractivity contribution in [2.45, 2.75) is 20.0 Å². The Balaban J connectivity index is 2.26. The molecule has 3 nitrogen and oxygen atoms in total. The van der Waals surface area contributed by atoms with Crippen LogP contribution >= 0.6 is 27.3 Å². The maximum atomic E-state index is 5.37. The minimum absolute atomic E-state index is 0.229. The number of aromatic nitrogens is 1. The minimum Gasteiger partial charge on any atom is -0.377 e. The number of halogens is 1. The van der Waals surface area contributed by atoms with Gasteiger partial charge in [0, 0.05) is 18.5 Å². The summed E-state index contributed by atoms with van der Waals surface area (Å²) in [7, 11) is 0. The van der Waals surface area contributed by atoms with Crippen molar-refractivity contribution in [3.05, 3.63) is 9.98 Å². The van der Waals surface area contributed by atoms with E-state index < -0.39 is 0 Å². The fourth-order valence-corrected chi connectivity index (χ4v) is 2.06. The van der Waals surface area contributed by atoms with Crippen LogP contribution in [0.2, 0.25) is 0 Å². The predicted molar refractivity (Wildman–Crippen MR) is 59.4 cm³/mol. The average molecular weight is 265 g/mol. The van der Waals surface area contributed by atoms with Crippen molar-refractivity contribution in [2.24, 2.45) is 0 Å². The number of hydrogen-bond acceptors (Lipinski definition) is 4. The lowest BCUT2D eigenvalue weighted by molar-refractivity contribution is 0.0855. The average Bonchev–Trinajstić information content (AvgIpc) is 2.49. The van der Waals surface area contributed by atoms with Gasteiger partial charge in [-0.1, -0.05) is 0 Å². The van der Waals surface area contributed by atoms with Crippen molar-refractivity contribution < 1.29 is 4.74 Å². The van der Waals surface area contributed by atoms with Crippen LogP contribution in [-0.4, -0.2) is 24.2 Å². The first-order chi connectivity index (χ1) is 6.22. The molecular formula is C8H13BrN2OS. The van der Waals surface area contributed by atoms with Crippen LogP contribution in [-0.2, 0) is 4.74 Å². The van der Waals surface area contributed by atoms with Crippen molar-refractivity contribution in [1.82, 2.24) is 4.98 Å². The van der Waals surface area contributed by atoms with Gasteiger partial charge in [0.2, 0.25) is 0 Å². The number of thiazole rings is 1. The van der Waals surface area contributed by atoms with E-state index in [9.17, 15) is 0 Å². The van der Waals surface area contributed by atoms with Crippen LogP contribution in [0.1, 0.15) is 13.8 Å². The van der Waals surface area contributed by atoms with E-state index in [1.54, 1.807) is 11.3 Å². The normalized spacial score (nSPS) is 12.8. The summed E-state index contributed by atoms with van der Waals surface area (Å²) in [5, 5.41) is 6.08. The van der Waals surface area contributed by atoms with Gasteiger partial charge in [-0.15, -0.1) is 11.3 Å². The van der Waals surface area contributed by atoms with Crippen LogP contribution in [0.25, 0.3) is 0 Å². The van der Waals surface area contributed by atoms with E-state index in [0.29, 0.717) is 0 Å². The van der Waals surface area contributed by atoms with Gasteiger partial charge in [-0.2, -0.15) is 0 Å². The lowest BCUT2D eigenvalue weighted by atomic mass is 10.4. The molecule has 5 heteroatoms. The SMILES string of the molecule is CCOC(C)CNc1nc(Br)cs1. The maximum Gasteiger partial charge on any atom is 0.183 e. The van der Waals surface area contributed by atoms with Crippen molar-refractivity contribution >= 4 is 32.4 Å². The predicted octanol–water partition coefficient (Wildman–Crippen LogP) is 2.74. The topological polar surface area (TPSA) is 34.1 Å². The number of nitrogens with zero attached hydrogens (tertiary/aromatic N) is 1. The molecule has 0 amide bonds. The summed E-state index contributed by atoms with van der Waals surface area (Å²) in [4.78, 5) is 4.21. The molecule has 0 bridgehead atoms. The smallest absolute Gasteiger partial charge is 0.183 e. The Bertz CT molecular complexity index is 254. The van der Waals surface area contributed by atoms with Gasteiger partial charge in [0.05, 0.1) is 6.10 Å². The van der Waals surface area contributed by atoms with Gasteiger partial charge in [0.1, 0.15) is 4.60 Å². The zero-order chi connectivity index (χ0) is 9.68. The summed E-state index contributed by atoms with van der Waals surface area (Å²) >= 11 is 4.88. The zero-order valence-electron chi connectivity index (χ0n) is 7.71. The first-order valence-electron chi connectivity index (χ1n) is 4.19. The summed E-state index contributed by atoms with van der Waals surface area (Å²) in [5.74, 6) is 0. The summed E-state index contributed by atoms with van der Waals surface area (Å²) in [6.45, 7) is 5.59.